The van der Waals surface area contributed by atoms with Crippen molar-refractivity contribution in [1.29, 1.82) is 0 Å². The SMILES string of the molecule is CCCC1CCC(CCC2CCC(c3ccc(C(=O)C(F)(F)C(F)(F)C(F)(F)C(F)(F)C(F)(F)C(F)(F)C(F)(F)C(F)(F)F)cc3)CC2)CC1. The van der Waals surface area contributed by atoms with Gasteiger partial charge in [-0.05, 0) is 54.9 Å². The van der Waals surface area contributed by atoms with Crippen LogP contribution in [0.25, 0.3) is 0 Å². The van der Waals surface area contributed by atoms with E-state index >= 15 is 0 Å². The van der Waals surface area contributed by atoms with Crippen molar-refractivity contribution in [3.05, 3.63) is 35.4 Å². The Labute approximate surface area is 276 Å². The number of hydrogen-bond donors (Lipinski definition) is 0. The van der Waals surface area contributed by atoms with E-state index in [0.717, 1.165) is 50.2 Å². The Balaban J connectivity index is 1.70. The molecule has 1 nitrogen and oxygen atoms in total. The van der Waals surface area contributed by atoms with Crippen molar-refractivity contribution in [3.63, 3.8) is 0 Å². The topological polar surface area (TPSA) is 17.1 Å². The zero-order chi connectivity index (χ0) is 38.4. The number of carbonyl (C=O) groups excluding carboxylic acids is 1. The molecule has 0 aromatic heterocycles. The molecule has 0 bridgehead atoms. The van der Waals surface area contributed by atoms with E-state index in [2.05, 4.69) is 6.92 Å². The predicted molar refractivity (Wildman–Crippen MR) is 146 cm³/mol. The molecule has 18 heteroatoms. The lowest BCUT2D eigenvalue weighted by molar-refractivity contribution is -0.459. The van der Waals surface area contributed by atoms with E-state index in [0.29, 0.717) is 42.4 Å². The van der Waals surface area contributed by atoms with Crippen LogP contribution in [0.3, 0.4) is 0 Å². The molecule has 288 valence electrons. The molecule has 3 rings (SSSR count). The van der Waals surface area contributed by atoms with Gasteiger partial charge in [0.15, 0.2) is 0 Å². The number of carbonyl (C=O) groups is 1. The van der Waals surface area contributed by atoms with Gasteiger partial charge in [-0.2, -0.15) is 74.6 Å². The van der Waals surface area contributed by atoms with Crippen molar-refractivity contribution >= 4 is 5.78 Å². The first kappa shape index (κ1) is 42.1. The molecule has 0 amide bonds. The van der Waals surface area contributed by atoms with Gasteiger partial charge in [-0.25, -0.2) is 0 Å². The van der Waals surface area contributed by atoms with Crippen molar-refractivity contribution in [2.45, 2.75) is 138 Å². The normalized spacial score (nSPS) is 24.0. The molecule has 1 aromatic rings. The monoisotopic (exact) mass is 758 g/mol. The lowest BCUT2D eigenvalue weighted by Crippen LogP contribution is -2.75. The summed E-state index contributed by atoms with van der Waals surface area (Å²) in [5.41, 5.74) is -1.14. The molecule has 0 atom stereocenters. The number of hydrogen-bond acceptors (Lipinski definition) is 1. The molecule has 0 N–H and O–H groups in total. The fourth-order valence-corrected chi connectivity index (χ4v) is 6.87. The van der Waals surface area contributed by atoms with E-state index in [1.165, 1.54) is 32.1 Å². The minimum Gasteiger partial charge on any atom is -0.287 e. The quantitative estimate of drug-likeness (QED) is 0.136. The molecule has 2 saturated carbocycles. The van der Waals surface area contributed by atoms with Gasteiger partial charge in [0.05, 0.1) is 0 Å². The van der Waals surface area contributed by atoms with Crippen molar-refractivity contribution in [3.8, 4) is 0 Å². The Morgan fingerprint density at radius 3 is 1.22 bits per heavy atom. The van der Waals surface area contributed by atoms with Gasteiger partial charge in [-0.3, -0.25) is 4.79 Å². The van der Waals surface area contributed by atoms with Crippen molar-refractivity contribution < 1.29 is 79.4 Å². The summed E-state index contributed by atoms with van der Waals surface area (Å²) in [6, 6.07) is 2.79. The molecule has 1 aromatic carbocycles. The van der Waals surface area contributed by atoms with Gasteiger partial charge in [-0.15, -0.1) is 0 Å². The maximum atomic E-state index is 14.5. The highest BCUT2D eigenvalue weighted by atomic mass is 19.4. The van der Waals surface area contributed by atoms with Gasteiger partial charge in [0.25, 0.3) is 0 Å². The Morgan fingerprint density at radius 1 is 0.500 bits per heavy atom. The van der Waals surface area contributed by atoms with Gasteiger partial charge < -0.3 is 0 Å². The second-order valence-electron chi connectivity index (χ2n) is 13.4. The Hall–Kier alpha value is -2.30. The molecule has 2 aliphatic carbocycles. The zero-order valence-electron chi connectivity index (χ0n) is 26.4. The van der Waals surface area contributed by atoms with Crippen LogP contribution in [0.5, 0.6) is 0 Å². The summed E-state index contributed by atoms with van der Waals surface area (Å²) < 4.78 is 231. The van der Waals surface area contributed by atoms with E-state index in [1.54, 1.807) is 0 Å². The molecule has 0 saturated heterocycles. The van der Waals surface area contributed by atoms with Crippen LogP contribution < -0.4 is 0 Å². The van der Waals surface area contributed by atoms with Crippen LogP contribution in [0, 0.1) is 17.8 Å². The molecule has 0 aliphatic heterocycles. The third-order valence-corrected chi connectivity index (χ3v) is 10.1. The average molecular weight is 759 g/mol. The second-order valence-corrected chi connectivity index (χ2v) is 13.4. The van der Waals surface area contributed by atoms with Crippen molar-refractivity contribution in [1.82, 2.24) is 0 Å². The largest absolute Gasteiger partial charge is 0.460 e. The molecular formula is C32H35F17O. The molecule has 2 fully saturated rings. The molecule has 0 spiro atoms. The highest BCUT2D eigenvalue weighted by molar-refractivity contribution is 6.02. The lowest BCUT2D eigenvalue weighted by atomic mass is 9.74. The summed E-state index contributed by atoms with van der Waals surface area (Å²) in [6.07, 6.45) is 4.18. The maximum Gasteiger partial charge on any atom is 0.460 e. The molecule has 0 unspecified atom stereocenters. The van der Waals surface area contributed by atoms with Gasteiger partial charge in [-0.1, -0.05) is 82.6 Å². The smallest absolute Gasteiger partial charge is 0.287 e. The Morgan fingerprint density at radius 2 is 0.840 bits per heavy atom. The Kier molecular flexibility index (Phi) is 12.0. The zero-order valence-corrected chi connectivity index (χ0v) is 26.4. The van der Waals surface area contributed by atoms with Crippen LogP contribution in [0.1, 0.15) is 106 Å². The summed E-state index contributed by atoms with van der Waals surface area (Å²) >= 11 is 0. The third-order valence-electron chi connectivity index (χ3n) is 10.1. The van der Waals surface area contributed by atoms with Gasteiger partial charge in [0.2, 0.25) is 5.78 Å². The fourth-order valence-electron chi connectivity index (χ4n) is 6.87. The number of benzene rings is 1. The first-order valence-electron chi connectivity index (χ1n) is 16.0. The highest BCUT2D eigenvalue weighted by Crippen LogP contribution is 2.64. The van der Waals surface area contributed by atoms with Gasteiger partial charge in [0.1, 0.15) is 0 Å². The number of alkyl halides is 17. The van der Waals surface area contributed by atoms with E-state index in [9.17, 15) is 79.4 Å². The first-order valence-corrected chi connectivity index (χ1v) is 16.0. The summed E-state index contributed by atoms with van der Waals surface area (Å²) in [6.45, 7) is 2.16. The second kappa shape index (κ2) is 14.3. The van der Waals surface area contributed by atoms with Crippen LogP contribution in [0.4, 0.5) is 74.6 Å². The number of rotatable bonds is 14. The number of Topliss-reactive ketones (excluding diaryl/α,β-unsaturated/α-hetero) is 1. The van der Waals surface area contributed by atoms with Gasteiger partial charge >= 0.3 is 47.6 Å². The standard InChI is InChI=1S/C32H35F17O/c1-2-3-18-4-6-19(7-5-18)8-9-20-10-12-21(13-11-20)22-14-16-23(17-15-22)24(50)25(33,34)26(35,36)27(37,38)28(39,40)29(41,42)30(43,44)31(45,46)32(47,48)49/h14-21H,2-13H2,1H3. The first-order chi connectivity index (χ1) is 22.6. The Bertz CT molecular complexity index is 1290. The molecule has 50 heavy (non-hydrogen) atoms. The number of halogens is 17. The van der Waals surface area contributed by atoms with Crippen LogP contribution >= 0.6 is 0 Å². The van der Waals surface area contributed by atoms with E-state index < -0.39 is 59.0 Å². The van der Waals surface area contributed by atoms with Crippen molar-refractivity contribution in [2.24, 2.45) is 17.8 Å². The van der Waals surface area contributed by atoms with Gasteiger partial charge in [0, 0.05) is 5.56 Å². The number of ketones is 1. The van der Waals surface area contributed by atoms with Crippen LogP contribution in [-0.2, 0) is 0 Å². The van der Waals surface area contributed by atoms with E-state index in [4.69, 9.17) is 0 Å². The van der Waals surface area contributed by atoms with Crippen LogP contribution in [0.15, 0.2) is 24.3 Å². The van der Waals surface area contributed by atoms with E-state index in [1.807, 2.05) is 0 Å². The summed E-state index contributed by atoms with van der Waals surface area (Å²) in [4.78, 5) is 12.2. The third kappa shape index (κ3) is 7.19. The maximum absolute atomic E-state index is 14.5. The van der Waals surface area contributed by atoms with Crippen LogP contribution in [0.2, 0.25) is 0 Å². The lowest BCUT2D eigenvalue weighted by Gasteiger charge is -2.42. The minimum atomic E-state index is -8.74. The van der Waals surface area contributed by atoms with Crippen molar-refractivity contribution in [2.75, 3.05) is 0 Å². The average Bonchev–Trinajstić information content (AvgIpc) is 3.03. The predicted octanol–water partition coefficient (Wildman–Crippen LogP) is 12.5. The fraction of sp³-hybridized carbons (Fsp3) is 0.781. The molecule has 2 aliphatic rings. The molecule has 0 heterocycles. The summed E-state index contributed by atoms with van der Waals surface area (Å²) in [5.74, 6) is -59.7. The highest BCUT2D eigenvalue weighted by Gasteiger charge is 2.95. The van der Waals surface area contributed by atoms with Crippen LogP contribution in [-0.4, -0.2) is 53.4 Å². The minimum absolute atomic E-state index is 0.205. The van der Waals surface area contributed by atoms with E-state index in [-0.39, 0.29) is 5.92 Å². The summed E-state index contributed by atoms with van der Waals surface area (Å²) in [7, 11) is 0. The molecule has 0 radical (unpaired) electrons. The summed E-state index contributed by atoms with van der Waals surface area (Å²) in [5, 5.41) is 0. The molecular weight excluding hydrogens is 723 g/mol.